The number of β-amino-alcohol motifs (C(OH)–C–C–N with tert-alkyl or cyclic N) is 1. The van der Waals surface area contributed by atoms with Crippen molar-refractivity contribution in [1.82, 2.24) is 4.90 Å². The van der Waals surface area contributed by atoms with Gasteiger partial charge in [-0.15, -0.1) is 10.2 Å². The first-order chi connectivity index (χ1) is 20.3. The molecule has 0 bridgehead atoms. The molecule has 10 heteroatoms. The second kappa shape index (κ2) is 11.0. The normalized spacial score (nSPS) is 16.3. The lowest BCUT2D eigenvalue weighted by Gasteiger charge is -2.35. The fourth-order valence-electron chi connectivity index (χ4n) is 5.83. The van der Waals surface area contributed by atoms with Gasteiger partial charge in [-0.25, -0.2) is 0 Å². The van der Waals surface area contributed by atoms with Crippen molar-refractivity contribution in [3.8, 4) is 11.8 Å². The summed E-state index contributed by atoms with van der Waals surface area (Å²) in [6.45, 7) is 3.04. The van der Waals surface area contributed by atoms with E-state index in [1.165, 1.54) is 11.6 Å². The largest absolute Gasteiger partial charge is 0.507 e. The summed E-state index contributed by atoms with van der Waals surface area (Å²) in [4.78, 5) is 28.9. The summed E-state index contributed by atoms with van der Waals surface area (Å²) >= 11 is 3.40. The molecule has 0 fully saturated rings. The van der Waals surface area contributed by atoms with E-state index in [0.29, 0.717) is 30.6 Å². The zero-order valence-electron chi connectivity index (χ0n) is 22.7. The molecule has 0 aliphatic carbocycles. The molecule has 4 aromatic rings. The predicted molar refractivity (Wildman–Crippen MR) is 162 cm³/mol. The maximum atomic E-state index is 12.9. The van der Waals surface area contributed by atoms with Crippen molar-refractivity contribution < 1.29 is 19.8 Å². The van der Waals surface area contributed by atoms with Gasteiger partial charge in [-0.05, 0) is 58.6 Å². The van der Waals surface area contributed by atoms with Crippen LogP contribution in [-0.2, 0) is 12.8 Å². The number of benzene rings is 4. The fourth-order valence-corrected chi connectivity index (χ4v) is 6.51. The van der Waals surface area contributed by atoms with Gasteiger partial charge in [-0.2, -0.15) is 5.26 Å². The molecule has 0 saturated heterocycles. The number of anilines is 1. The number of amides is 2. The van der Waals surface area contributed by atoms with Gasteiger partial charge in [0.05, 0.1) is 38.3 Å². The summed E-state index contributed by atoms with van der Waals surface area (Å²) in [5.74, 6) is -0.905. The van der Waals surface area contributed by atoms with Crippen LogP contribution in [0.2, 0.25) is 0 Å². The molecule has 1 atom stereocenters. The van der Waals surface area contributed by atoms with Crippen molar-refractivity contribution >= 4 is 55.6 Å². The van der Waals surface area contributed by atoms with Gasteiger partial charge >= 0.3 is 0 Å². The molecule has 0 spiro atoms. The van der Waals surface area contributed by atoms with Gasteiger partial charge in [0.25, 0.3) is 11.8 Å². The highest BCUT2D eigenvalue weighted by molar-refractivity contribution is 9.10. The SMILES string of the molecule is CCN1C(=O)c2cc(C#N)c(/N=N/c3cc4c(c5cccc(O)c35)N(CCc3ccccc3)CC(O)C4)c(Br)c2C1=O. The number of aromatic hydroxyl groups is 1. The summed E-state index contributed by atoms with van der Waals surface area (Å²) in [6.07, 6.45) is 0.601. The van der Waals surface area contributed by atoms with Crippen LogP contribution in [0.5, 0.6) is 5.75 Å². The van der Waals surface area contributed by atoms with E-state index in [1.54, 1.807) is 25.1 Å². The number of hydrogen-bond donors (Lipinski definition) is 2. The van der Waals surface area contributed by atoms with Gasteiger partial charge in [0, 0.05) is 37.1 Å². The van der Waals surface area contributed by atoms with Crippen molar-refractivity contribution in [1.29, 1.82) is 5.26 Å². The zero-order chi connectivity index (χ0) is 29.5. The molecule has 4 aromatic carbocycles. The Kier molecular flexibility index (Phi) is 7.22. The second-order valence-corrected chi connectivity index (χ2v) is 11.1. The predicted octanol–water partition coefficient (Wildman–Crippen LogP) is 6.18. The van der Waals surface area contributed by atoms with Gasteiger partial charge in [0.2, 0.25) is 0 Å². The first-order valence-electron chi connectivity index (χ1n) is 13.6. The lowest BCUT2D eigenvalue weighted by Crippen LogP contribution is -2.39. The van der Waals surface area contributed by atoms with E-state index >= 15 is 0 Å². The van der Waals surface area contributed by atoms with E-state index in [2.05, 4.69) is 49.3 Å². The van der Waals surface area contributed by atoms with Gasteiger partial charge < -0.3 is 15.1 Å². The molecular weight excluding hydrogens is 598 g/mol. The minimum atomic E-state index is -0.589. The molecule has 1 unspecified atom stereocenters. The average Bonchev–Trinajstić information content (AvgIpc) is 3.23. The van der Waals surface area contributed by atoms with Crippen LogP contribution in [0.1, 0.15) is 44.3 Å². The molecule has 0 saturated carbocycles. The van der Waals surface area contributed by atoms with E-state index in [9.17, 15) is 25.1 Å². The molecule has 0 radical (unpaired) electrons. The highest BCUT2D eigenvalue weighted by atomic mass is 79.9. The Labute approximate surface area is 250 Å². The van der Waals surface area contributed by atoms with Crippen LogP contribution in [-0.4, -0.2) is 52.7 Å². The molecule has 0 aromatic heterocycles. The number of phenolic OH excluding ortho intramolecular Hbond substituents is 1. The number of carbonyl (C=O) groups excluding carboxylic acids is 2. The van der Waals surface area contributed by atoms with E-state index in [1.807, 2.05) is 24.3 Å². The number of rotatable bonds is 6. The maximum Gasteiger partial charge on any atom is 0.262 e. The Morgan fingerprint density at radius 1 is 1.07 bits per heavy atom. The number of phenols is 1. The van der Waals surface area contributed by atoms with Crippen LogP contribution >= 0.6 is 15.9 Å². The number of imide groups is 1. The quantitative estimate of drug-likeness (QED) is 0.195. The Bertz CT molecular complexity index is 1830. The minimum Gasteiger partial charge on any atom is -0.507 e. The number of aliphatic hydroxyl groups excluding tert-OH is 1. The summed E-state index contributed by atoms with van der Waals surface area (Å²) in [7, 11) is 0. The highest BCUT2D eigenvalue weighted by Crippen LogP contribution is 2.45. The van der Waals surface area contributed by atoms with Gasteiger partial charge in [-0.3, -0.25) is 14.5 Å². The van der Waals surface area contributed by atoms with E-state index < -0.39 is 17.9 Å². The third-order valence-electron chi connectivity index (χ3n) is 7.75. The lowest BCUT2D eigenvalue weighted by molar-refractivity contribution is 0.0662. The summed E-state index contributed by atoms with van der Waals surface area (Å²) < 4.78 is 0.212. The highest BCUT2D eigenvalue weighted by Gasteiger charge is 2.38. The van der Waals surface area contributed by atoms with E-state index in [-0.39, 0.29) is 39.1 Å². The Morgan fingerprint density at radius 2 is 1.86 bits per heavy atom. The first-order valence-corrected chi connectivity index (χ1v) is 14.4. The van der Waals surface area contributed by atoms with Crippen LogP contribution in [0.3, 0.4) is 0 Å². The standard InChI is InChI=1S/C32H26BrN5O4/c1-2-38-31(41)23-14-20(16-34)29(28(33)27(23)32(38)42)36-35-24-15-19-13-21(39)17-37(12-11-18-7-4-3-5-8-18)30(19)22-9-6-10-25(40)26(22)24/h3-10,14-15,21,39-40H,2,11-13,17H2,1H3/b36-35+. The Balaban J connectivity index is 1.45. The number of hydrogen-bond acceptors (Lipinski definition) is 8. The zero-order valence-corrected chi connectivity index (χ0v) is 24.3. The topological polar surface area (TPSA) is 130 Å². The Morgan fingerprint density at radius 3 is 2.60 bits per heavy atom. The van der Waals surface area contributed by atoms with Gasteiger partial charge in [-0.1, -0.05) is 42.5 Å². The minimum absolute atomic E-state index is 0.0197. The first kappa shape index (κ1) is 27.6. The van der Waals surface area contributed by atoms with Crippen LogP contribution in [0.4, 0.5) is 17.1 Å². The van der Waals surface area contributed by atoms with E-state index in [0.717, 1.165) is 28.0 Å². The second-order valence-electron chi connectivity index (χ2n) is 10.3. The fraction of sp³-hybridized carbons (Fsp3) is 0.219. The van der Waals surface area contributed by atoms with Crippen molar-refractivity contribution in [3.63, 3.8) is 0 Å². The number of fused-ring (bicyclic) bond motifs is 4. The molecule has 2 aliphatic heterocycles. The van der Waals surface area contributed by atoms with Crippen LogP contribution < -0.4 is 4.90 Å². The summed E-state index contributed by atoms with van der Waals surface area (Å²) in [5, 5.41) is 41.7. The third kappa shape index (κ3) is 4.61. The summed E-state index contributed by atoms with van der Waals surface area (Å²) in [5.41, 5.74) is 3.82. The average molecular weight is 624 g/mol. The maximum absolute atomic E-state index is 12.9. The molecule has 9 nitrogen and oxygen atoms in total. The number of nitrogens with zero attached hydrogens (tertiary/aromatic N) is 5. The lowest BCUT2D eigenvalue weighted by atomic mass is 9.93. The van der Waals surface area contributed by atoms with Crippen molar-refractivity contribution in [2.24, 2.45) is 10.2 Å². The number of halogens is 1. The third-order valence-corrected chi connectivity index (χ3v) is 8.53. The van der Waals surface area contributed by atoms with Crippen LogP contribution in [0, 0.1) is 11.3 Å². The molecule has 2 N–H and O–H groups in total. The number of azo groups is 1. The molecule has 2 aliphatic rings. The van der Waals surface area contributed by atoms with Crippen molar-refractivity contribution in [3.05, 3.63) is 93.0 Å². The van der Waals surface area contributed by atoms with Crippen molar-refractivity contribution in [2.75, 3.05) is 24.5 Å². The molecule has 6 rings (SSSR count). The smallest absolute Gasteiger partial charge is 0.262 e. The van der Waals surface area contributed by atoms with Crippen molar-refractivity contribution in [2.45, 2.75) is 25.9 Å². The van der Waals surface area contributed by atoms with E-state index in [4.69, 9.17) is 0 Å². The van der Waals surface area contributed by atoms with Gasteiger partial charge in [0.1, 0.15) is 17.5 Å². The Hall–Kier alpha value is -4.59. The molecule has 42 heavy (non-hydrogen) atoms. The van der Waals surface area contributed by atoms with Crippen LogP contribution in [0.25, 0.3) is 10.8 Å². The summed E-state index contributed by atoms with van der Waals surface area (Å²) in [6, 6.07) is 20.6. The molecule has 210 valence electrons. The molecular formula is C32H26BrN5O4. The monoisotopic (exact) mass is 623 g/mol. The van der Waals surface area contributed by atoms with Gasteiger partial charge in [0.15, 0.2) is 0 Å². The molecule has 2 amide bonds. The number of carbonyl (C=O) groups is 2. The number of aliphatic hydroxyl groups is 1. The van der Waals surface area contributed by atoms with Crippen LogP contribution in [0.15, 0.2) is 75.4 Å². The number of nitriles is 1. The molecule has 2 heterocycles.